The standard InChI is InChI=1S/C15H22BN3O2/c1-14(2)15(3,4)21-16(20-14)11-7-10-9-19(6)18-13(10)12(8-11)17-5/h7-9,17H,1-6H3. The van der Waals surface area contributed by atoms with Gasteiger partial charge in [0.05, 0.1) is 16.9 Å². The molecule has 0 unspecified atom stereocenters. The molecule has 3 rings (SSSR count). The van der Waals surface area contributed by atoms with Crippen LogP contribution in [0, 0.1) is 0 Å². The van der Waals surface area contributed by atoms with Gasteiger partial charge < -0.3 is 14.6 Å². The first kappa shape index (κ1) is 14.4. The first-order valence-corrected chi connectivity index (χ1v) is 7.24. The Kier molecular flexibility index (Phi) is 3.08. The average molecular weight is 287 g/mol. The fraction of sp³-hybridized carbons (Fsp3) is 0.533. The number of hydrogen-bond donors (Lipinski definition) is 1. The third kappa shape index (κ3) is 2.22. The van der Waals surface area contributed by atoms with E-state index in [1.807, 2.05) is 25.0 Å². The second-order valence-corrected chi connectivity index (χ2v) is 6.65. The number of aryl methyl sites for hydroxylation is 1. The van der Waals surface area contributed by atoms with Crippen LogP contribution in [0.2, 0.25) is 0 Å². The molecule has 1 N–H and O–H groups in total. The zero-order valence-corrected chi connectivity index (χ0v) is 13.5. The third-order valence-corrected chi connectivity index (χ3v) is 4.54. The number of anilines is 1. The van der Waals surface area contributed by atoms with Crippen molar-refractivity contribution in [1.29, 1.82) is 0 Å². The third-order valence-electron chi connectivity index (χ3n) is 4.54. The number of benzene rings is 1. The summed E-state index contributed by atoms with van der Waals surface area (Å²) in [7, 11) is 3.47. The Balaban J connectivity index is 2.06. The molecule has 112 valence electrons. The minimum absolute atomic E-state index is 0.332. The van der Waals surface area contributed by atoms with Crippen molar-refractivity contribution in [3.8, 4) is 0 Å². The van der Waals surface area contributed by atoms with Gasteiger partial charge in [-0.15, -0.1) is 0 Å². The SMILES string of the molecule is CNc1cc(B2OC(C)(C)C(C)(C)O2)cc2cn(C)nc12. The fourth-order valence-electron chi connectivity index (χ4n) is 2.58. The molecule has 0 amide bonds. The van der Waals surface area contributed by atoms with Gasteiger partial charge in [0.2, 0.25) is 0 Å². The van der Waals surface area contributed by atoms with Crippen molar-refractivity contribution in [1.82, 2.24) is 9.78 Å². The van der Waals surface area contributed by atoms with Crippen LogP contribution < -0.4 is 10.8 Å². The maximum Gasteiger partial charge on any atom is 0.494 e. The first-order valence-electron chi connectivity index (χ1n) is 7.24. The molecular weight excluding hydrogens is 265 g/mol. The van der Waals surface area contributed by atoms with E-state index in [0.29, 0.717) is 0 Å². The summed E-state index contributed by atoms with van der Waals surface area (Å²) in [5.41, 5.74) is 2.29. The van der Waals surface area contributed by atoms with Crippen LogP contribution in [0.4, 0.5) is 5.69 Å². The largest absolute Gasteiger partial charge is 0.494 e. The highest BCUT2D eigenvalue weighted by atomic mass is 16.7. The lowest BCUT2D eigenvalue weighted by Crippen LogP contribution is -2.41. The Morgan fingerprint density at radius 3 is 2.33 bits per heavy atom. The summed E-state index contributed by atoms with van der Waals surface area (Å²) in [6.45, 7) is 8.26. The smallest absolute Gasteiger partial charge is 0.399 e. The highest BCUT2D eigenvalue weighted by molar-refractivity contribution is 6.62. The molecule has 0 spiro atoms. The highest BCUT2D eigenvalue weighted by Crippen LogP contribution is 2.37. The summed E-state index contributed by atoms with van der Waals surface area (Å²) in [4.78, 5) is 0. The van der Waals surface area contributed by atoms with Gasteiger partial charge in [-0.1, -0.05) is 6.07 Å². The number of rotatable bonds is 2. The van der Waals surface area contributed by atoms with E-state index in [1.165, 1.54) is 0 Å². The molecular formula is C15H22BN3O2. The summed E-state index contributed by atoms with van der Waals surface area (Å²) in [5, 5.41) is 8.76. The Morgan fingerprint density at radius 2 is 1.76 bits per heavy atom. The zero-order valence-electron chi connectivity index (χ0n) is 13.5. The quantitative estimate of drug-likeness (QED) is 0.857. The van der Waals surface area contributed by atoms with Crippen molar-refractivity contribution < 1.29 is 9.31 Å². The monoisotopic (exact) mass is 287 g/mol. The molecule has 1 aromatic heterocycles. The summed E-state index contributed by atoms with van der Waals surface area (Å²) in [5.74, 6) is 0. The van der Waals surface area contributed by atoms with Crippen molar-refractivity contribution in [2.75, 3.05) is 12.4 Å². The van der Waals surface area contributed by atoms with E-state index < -0.39 is 0 Å². The van der Waals surface area contributed by atoms with Crippen molar-refractivity contribution in [2.45, 2.75) is 38.9 Å². The number of hydrogen-bond acceptors (Lipinski definition) is 4. The number of fused-ring (bicyclic) bond motifs is 1. The van der Waals surface area contributed by atoms with Crippen LogP contribution in [-0.2, 0) is 16.4 Å². The van der Waals surface area contributed by atoms with Gasteiger partial charge in [0.1, 0.15) is 5.52 Å². The minimum atomic E-state index is -0.355. The summed E-state index contributed by atoms with van der Waals surface area (Å²) in [6, 6.07) is 4.14. The van der Waals surface area contributed by atoms with Gasteiger partial charge in [-0.05, 0) is 39.2 Å². The van der Waals surface area contributed by atoms with E-state index in [1.54, 1.807) is 0 Å². The molecule has 0 aliphatic carbocycles. The molecule has 0 radical (unpaired) electrons. The average Bonchev–Trinajstić information content (AvgIpc) is 2.85. The first-order chi connectivity index (χ1) is 9.73. The Morgan fingerprint density at radius 1 is 1.14 bits per heavy atom. The normalized spacial score (nSPS) is 20.2. The molecule has 0 saturated carbocycles. The van der Waals surface area contributed by atoms with Crippen molar-refractivity contribution in [2.24, 2.45) is 7.05 Å². The molecule has 1 aromatic carbocycles. The Labute approximate surface area is 125 Å². The predicted molar refractivity (Wildman–Crippen MR) is 86.0 cm³/mol. The van der Waals surface area contributed by atoms with Crippen LogP contribution >= 0.6 is 0 Å². The van der Waals surface area contributed by atoms with Crippen molar-refractivity contribution in [3.63, 3.8) is 0 Å². The molecule has 2 heterocycles. The molecule has 5 nitrogen and oxygen atoms in total. The molecule has 1 fully saturated rings. The van der Waals surface area contributed by atoms with E-state index in [4.69, 9.17) is 9.31 Å². The Bertz CT molecular complexity index is 678. The van der Waals surface area contributed by atoms with Crippen LogP contribution in [-0.4, -0.2) is 35.1 Å². The lowest BCUT2D eigenvalue weighted by atomic mass is 9.78. The predicted octanol–water partition coefficient (Wildman–Crippen LogP) is 1.91. The molecule has 0 atom stereocenters. The minimum Gasteiger partial charge on any atom is -0.399 e. The molecule has 1 saturated heterocycles. The van der Waals surface area contributed by atoms with Crippen LogP contribution in [0.1, 0.15) is 27.7 Å². The number of nitrogens with one attached hydrogen (secondary N) is 1. The van der Waals surface area contributed by atoms with Crippen LogP contribution in [0.15, 0.2) is 18.3 Å². The van der Waals surface area contributed by atoms with E-state index >= 15 is 0 Å². The van der Waals surface area contributed by atoms with Gasteiger partial charge >= 0.3 is 7.12 Å². The Hall–Kier alpha value is -1.53. The zero-order chi connectivity index (χ0) is 15.4. The maximum atomic E-state index is 6.13. The summed E-state index contributed by atoms with van der Waals surface area (Å²) >= 11 is 0. The number of aromatic nitrogens is 2. The van der Waals surface area contributed by atoms with Gasteiger partial charge in [-0.2, -0.15) is 5.10 Å². The molecule has 1 aliphatic rings. The van der Waals surface area contributed by atoms with Crippen LogP contribution in [0.3, 0.4) is 0 Å². The van der Waals surface area contributed by atoms with Gasteiger partial charge in [0, 0.05) is 25.7 Å². The highest BCUT2D eigenvalue weighted by Gasteiger charge is 2.51. The second kappa shape index (κ2) is 4.48. The summed E-state index contributed by atoms with van der Waals surface area (Å²) in [6.07, 6.45) is 2.00. The van der Waals surface area contributed by atoms with Gasteiger partial charge in [0.15, 0.2) is 0 Å². The van der Waals surface area contributed by atoms with Crippen molar-refractivity contribution >= 4 is 29.2 Å². The van der Waals surface area contributed by atoms with Crippen LogP contribution in [0.5, 0.6) is 0 Å². The van der Waals surface area contributed by atoms with Crippen LogP contribution in [0.25, 0.3) is 10.9 Å². The second-order valence-electron chi connectivity index (χ2n) is 6.65. The lowest BCUT2D eigenvalue weighted by molar-refractivity contribution is 0.00578. The molecule has 2 aromatic rings. The molecule has 21 heavy (non-hydrogen) atoms. The van der Waals surface area contributed by atoms with Gasteiger partial charge in [-0.25, -0.2) is 0 Å². The molecule has 0 bridgehead atoms. The maximum absolute atomic E-state index is 6.13. The van der Waals surface area contributed by atoms with E-state index in [-0.39, 0.29) is 18.3 Å². The lowest BCUT2D eigenvalue weighted by Gasteiger charge is -2.32. The van der Waals surface area contributed by atoms with Crippen molar-refractivity contribution in [3.05, 3.63) is 18.3 Å². The molecule has 1 aliphatic heterocycles. The summed E-state index contributed by atoms with van der Waals surface area (Å²) < 4.78 is 14.1. The topological polar surface area (TPSA) is 48.3 Å². The van der Waals surface area contributed by atoms with E-state index in [0.717, 1.165) is 22.1 Å². The van der Waals surface area contributed by atoms with Gasteiger partial charge in [-0.3, -0.25) is 4.68 Å². The van der Waals surface area contributed by atoms with Gasteiger partial charge in [0.25, 0.3) is 0 Å². The molecule has 6 heteroatoms. The van der Waals surface area contributed by atoms with E-state index in [2.05, 4.69) is 50.2 Å². The van der Waals surface area contributed by atoms with E-state index in [9.17, 15) is 0 Å². The number of nitrogens with zero attached hydrogens (tertiary/aromatic N) is 2. The fourth-order valence-corrected chi connectivity index (χ4v) is 2.58.